The fraction of sp³-hybridized carbons (Fsp3) is 0.194. The van der Waals surface area contributed by atoms with E-state index in [-0.39, 0.29) is 11.8 Å². The van der Waals surface area contributed by atoms with Crippen molar-refractivity contribution in [3.05, 3.63) is 108 Å². The molecule has 0 aliphatic heterocycles. The van der Waals surface area contributed by atoms with Crippen LogP contribution in [0.15, 0.2) is 96.1 Å². The van der Waals surface area contributed by atoms with E-state index in [1.807, 2.05) is 56.3 Å². The van der Waals surface area contributed by atoms with Gasteiger partial charge in [-0.3, -0.25) is 9.59 Å². The highest BCUT2D eigenvalue weighted by Gasteiger charge is 2.24. The second-order valence-electron chi connectivity index (χ2n) is 9.13. The minimum absolute atomic E-state index is 0.129. The van der Waals surface area contributed by atoms with Gasteiger partial charge in [-0.2, -0.15) is 5.10 Å². The molecular weight excluding hydrogens is 478 g/mol. The van der Waals surface area contributed by atoms with Gasteiger partial charge in [0.1, 0.15) is 12.6 Å². The van der Waals surface area contributed by atoms with Crippen molar-refractivity contribution in [1.29, 1.82) is 0 Å². The average Bonchev–Trinajstić information content (AvgIpc) is 2.95. The Bertz CT molecular complexity index is 1430. The first-order valence-corrected chi connectivity index (χ1v) is 12.4. The molecule has 0 fully saturated rings. The number of carbonyl (C=O) groups excluding carboxylic acids is 2. The molecule has 4 aromatic rings. The molecule has 0 aliphatic rings. The number of hydrazone groups is 1. The second-order valence-corrected chi connectivity index (χ2v) is 9.13. The Balaban J connectivity index is 1.38. The van der Waals surface area contributed by atoms with Crippen molar-refractivity contribution in [2.45, 2.75) is 26.5 Å². The maximum atomic E-state index is 12.7. The highest BCUT2D eigenvalue weighted by atomic mass is 16.5. The van der Waals surface area contributed by atoms with Crippen LogP contribution < -0.4 is 20.2 Å². The first-order valence-electron chi connectivity index (χ1n) is 12.4. The molecule has 7 nitrogen and oxygen atoms in total. The van der Waals surface area contributed by atoms with Crippen molar-refractivity contribution in [1.82, 2.24) is 10.7 Å². The molecule has 7 heteroatoms. The van der Waals surface area contributed by atoms with E-state index in [9.17, 15) is 9.59 Å². The van der Waals surface area contributed by atoms with Crippen molar-refractivity contribution < 1.29 is 19.1 Å². The summed E-state index contributed by atoms with van der Waals surface area (Å²) in [5, 5.41) is 9.18. The number of ether oxygens (including phenoxy) is 2. The molecule has 0 aliphatic carbocycles. The van der Waals surface area contributed by atoms with E-state index in [2.05, 4.69) is 34.0 Å². The summed E-state index contributed by atoms with van der Waals surface area (Å²) in [5.74, 6) is 0.312. The lowest BCUT2D eigenvalue weighted by molar-refractivity contribution is -0.123. The van der Waals surface area contributed by atoms with Gasteiger partial charge in [-0.1, -0.05) is 74.5 Å². The number of fused-ring (bicyclic) bond motifs is 1. The summed E-state index contributed by atoms with van der Waals surface area (Å²) < 4.78 is 11.6. The van der Waals surface area contributed by atoms with E-state index in [1.54, 1.807) is 37.4 Å². The smallest absolute Gasteiger partial charge is 0.262 e. The van der Waals surface area contributed by atoms with E-state index >= 15 is 0 Å². The molecule has 4 aromatic carbocycles. The molecule has 194 valence electrons. The standard InChI is InChI=1S/C31H31N3O4/c1-21(2)29(33-30(35)24-11-5-4-6-12-24)31(36)34-32-19-22-16-17-27(28(18-22)37-3)38-20-25-14-9-13-23-10-7-8-15-26(23)25/h4-19,21,29H,20H2,1-3H3,(H,33,35)(H,34,36). The highest BCUT2D eigenvalue weighted by Crippen LogP contribution is 2.29. The van der Waals surface area contributed by atoms with Crippen molar-refractivity contribution in [2.24, 2.45) is 11.0 Å². The largest absolute Gasteiger partial charge is 0.493 e. The maximum Gasteiger partial charge on any atom is 0.262 e. The number of nitrogens with zero attached hydrogens (tertiary/aromatic N) is 1. The van der Waals surface area contributed by atoms with E-state index in [0.717, 1.165) is 16.3 Å². The van der Waals surface area contributed by atoms with Gasteiger partial charge in [0.05, 0.1) is 13.3 Å². The summed E-state index contributed by atoms with van der Waals surface area (Å²) in [6.07, 6.45) is 1.52. The zero-order valence-electron chi connectivity index (χ0n) is 21.7. The summed E-state index contributed by atoms with van der Waals surface area (Å²) in [5.41, 5.74) is 4.82. The predicted octanol–water partition coefficient (Wildman–Crippen LogP) is 5.33. The number of carbonyl (C=O) groups is 2. The molecule has 0 heterocycles. The first-order chi connectivity index (χ1) is 18.5. The Hall–Kier alpha value is -4.65. The van der Waals surface area contributed by atoms with Gasteiger partial charge in [-0.05, 0) is 58.1 Å². The minimum atomic E-state index is -0.737. The lowest BCUT2D eigenvalue weighted by Gasteiger charge is -2.20. The summed E-state index contributed by atoms with van der Waals surface area (Å²) in [6.45, 7) is 4.12. The van der Waals surface area contributed by atoms with Crippen LogP contribution in [0.2, 0.25) is 0 Å². The minimum Gasteiger partial charge on any atom is -0.493 e. The number of nitrogens with one attached hydrogen (secondary N) is 2. The van der Waals surface area contributed by atoms with E-state index in [1.165, 1.54) is 6.21 Å². The Morgan fingerprint density at radius 3 is 2.39 bits per heavy atom. The molecule has 2 N–H and O–H groups in total. The Morgan fingerprint density at radius 1 is 0.895 bits per heavy atom. The molecule has 0 spiro atoms. The molecule has 0 radical (unpaired) electrons. The number of hydrogen-bond donors (Lipinski definition) is 2. The molecule has 0 aromatic heterocycles. The van der Waals surface area contributed by atoms with Crippen LogP contribution in [0.5, 0.6) is 11.5 Å². The molecular formula is C31H31N3O4. The van der Waals surface area contributed by atoms with Crippen LogP contribution in [0, 0.1) is 5.92 Å². The lowest BCUT2D eigenvalue weighted by atomic mass is 10.0. The molecule has 0 saturated heterocycles. The summed E-state index contributed by atoms with van der Waals surface area (Å²) in [4.78, 5) is 25.3. The van der Waals surface area contributed by atoms with Gasteiger partial charge in [0.2, 0.25) is 0 Å². The molecule has 0 saturated carbocycles. The van der Waals surface area contributed by atoms with Crippen molar-refractivity contribution in [3.8, 4) is 11.5 Å². The quantitative estimate of drug-likeness (QED) is 0.223. The van der Waals surface area contributed by atoms with Crippen molar-refractivity contribution in [2.75, 3.05) is 7.11 Å². The third-order valence-electron chi connectivity index (χ3n) is 6.11. The molecule has 38 heavy (non-hydrogen) atoms. The number of rotatable bonds is 10. The van der Waals surface area contributed by atoms with Crippen LogP contribution >= 0.6 is 0 Å². The monoisotopic (exact) mass is 509 g/mol. The third-order valence-corrected chi connectivity index (χ3v) is 6.11. The van der Waals surface area contributed by atoms with Crippen LogP contribution in [-0.4, -0.2) is 31.2 Å². The van der Waals surface area contributed by atoms with Crippen LogP contribution in [0.25, 0.3) is 10.8 Å². The second kappa shape index (κ2) is 12.5. The number of amides is 2. The third kappa shape index (κ3) is 6.56. The van der Waals surface area contributed by atoms with Gasteiger partial charge >= 0.3 is 0 Å². The number of hydrogen-bond acceptors (Lipinski definition) is 5. The van der Waals surface area contributed by atoms with Crippen molar-refractivity contribution in [3.63, 3.8) is 0 Å². The molecule has 2 amide bonds. The summed E-state index contributed by atoms with van der Waals surface area (Å²) >= 11 is 0. The topological polar surface area (TPSA) is 89.0 Å². The Morgan fingerprint density at radius 2 is 1.63 bits per heavy atom. The first kappa shape index (κ1) is 26.4. The van der Waals surface area contributed by atoms with Gasteiger partial charge in [0.25, 0.3) is 11.8 Å². The summed E-state index contributed by atoms with van der Waals surface area (Å²) in [7, 11) is 1.57. The fourth-order valence-electron chi connectivity index (χ4n) is 4.05. The normalized spacial score (nSPS) is 11.9. The molecule has 1 atom stereocenters. The number of methoxy groups -OCH3 is 1. The Kier molecular flexibility index (Phi) is 8.72. The van der Waals surface area contributed by atoms with Gasteiger partial charge in [-0.15, -0.1) is 0 Å². The van der Waals surface area contributed by atoms with Gasteiger partial charge in [0.15, 0.2) is 11.5 Å². The zero-order chi connectivity index (χ0) is 26.9. The fourth-order valence-corrected chi connectivity index (χ4v) is 4.05. The van der Waals surface area contributed by atoms with Gasteiger partial charge < -0.3 is 14.8 Å². The Labute approximate surface area is 222 Å². The van der Waals surface area contributed by atoms with Crippen LogP contribution in [-0.2, 0) is 11.4 Å². The van der Waals surface area contributed by atoms with Gasteiger partial charge in [0, 0.05) is 5.56 Å². The number of benzene rings is 4. The van der Waals surface area contributed by atoms with Crippen LogP contribution in [0.4, 0.5) is 0 Å². The SMILES string of the molecule is COc1cc(C=NNC(=O)C(NC(=O)c2ccccc2)C(C)C)ccc1OCc1cccc2ccccc12. The highest BCUT2D eigenvalue weighted by molar-refractivity contribution is 5.97. The van der Waals surface area contributed by atoms with E-state index in [4.69, 9.17) is 9.47 Å². The molecule has 4 rings (SSSR count). The van der Waals surface area contributed by atoms with Crippen LogP contribution in [0.1, 0.15) is 35.3 Å². The molecule has 1 unspecified atom stereocenters. The van der Waals surface area contributed by atoms with E-state index < -0.39 is 11.9 Å². The predicted molar refractivity (Wildman–Crippen MR) is 150 cm³/mol. The van der Waals surface area contributed by atoms with Crippen LogP contribution in [0.3, 0.4) is 0 Å². The van der Waals surface area contributed by atoms with Crippen molar-refractivity contribution >= 4 is 28.8 Å². The zero-order valence-corrected chi connectivity index (χ0v) is 21.7. The lowest BCUT2D eigenvalue weighted by Crippen LogP contribution is -2.48. The van der Waals surface area contributed by atoms with Gasteiger partial charge in [-0.25, -0.2) is 5.43 Å². The summed E-state index contributed by atoms with van der Waals surface area (Å²) in [6, 6.07) is 27.8. The molecule has 0 bridgehead atoms. The average molecular weight is 510 g/mol. The maximum absolute atomic E-state index is 12.7. The van der Waals surface area contributed by atoms with E-state index in [0.29, 0.717) is 29.2 Å².